The Labute approximate surface area is 118 Å². The van der Waals surface area contributed by atoms with Crippen molar-refractivity contribution in [3.63, 3.8) is 0 Å². The van der Waals surface area contributed by atoms with Crippen LogP contribution in [0.3, 0.4) is 0 Å². The zero-order valence-electron chi connectivity index (χ0n) is 10.4. The molecule has 0 bridgehead atoms. The lowest BCUT2D eigenvalue weighted by Crippen LogP contribution is -2.47. The molecule has 0 aromatic heterocycles. The number of carboxylic acids is 1. The number of hydrogen-bond donors (Lipinski definition) is 1. The molecule has 1 aliphatic rings. The van der Waals surface area contributed by atoms with E-state index in [1.54, 1.807) is 6.07 Å². The summed E-state index contributed by atoms with van der Waals surface area (Å²) in [5.74, 6) is 0.0370. The molecule has 1 saturated heterocycles. The second-order valence-corrected chi connectivity index (χ2v) is 5.31. The van der Waals surface area contributed by atoms with Gasteiger partial charge in [-0.3, -0.25) is 10.1 Å². The molecule has 1 unspecified atom stereocenters. The van der Waals surface area contributed by atoms with Crippen LogP contribution in [0.5, 0.6) is 0 Å². The average molecular weight is 293 g/mol. The van der Waals surface area contributed by atoms with Crippen molar-refractivity contribution in [3.05, 3.63) is 33.9 Å². The minimum Gasteiger partial charge on any atom is -0.480 e. The van der Waals surface area contributed by atoms with Crippen molar-refractivity contribution in [2.45, 2.75) is 6.04 Å². The van der Waals surface area contributed by atoms with E-state index < -0.39 is 16.9 Å². The monoisotopic (exact) mass is 293 g/mol. The van der Waals surface area contributed by atoms with Crippen LogP contribution in [0.2, 0.25) is 0 Å². The highest BCUT2D eigenvalue weighted by molar-refractivity contribution is 7.99. The first-order valence-corrected chi connectivity index (χ1v) is 6.96. The lowest BCUT2D eigenvalue weighted by Gasteiger charge is -2.34. The molecule has 1 aliphatic heterocycles. The van der Waals surface area contributed by atoms with E-state index in [2.05, 4.69) is 0 Å². The smallest absolute Gasteiger partial charge is 0.327 e. The highest BCUT2D eigenvalue weighted by Crippen LogP contribution is 2.34. The molecule has 0 amide bonds. The summed E-state index contributed by atoms with van der Waals surface area (Å²) in [6, 6.07) is 5.34. The van der Waals surface area contributed by atoms with Gasteiger partial charge in [-0.1, -0.05) is 6.07 Å². The summed E-state index contributed by atoms with van der Waals surface area (Å²) in [5, 5.41) is 29.4. The topological polar surface area (TPSA) is 107 Å². The third-order valence-corrected chi connectivity index (χ3v) is 4.06. The SMILES string of the molecule is N#Cc1cccc(N2CCSCC2C(=O)O)c1[N+](=O)[O-]. The summed E-state index contributed by atoms with van der Waals surface area (Å²) >= 11 is 1.50. The van der Waals surface area contributed by atoms with Crippen molar-refractivity contribution in [3.8, 4) is 6.07 Å². The number of carbonyl (C=O) groups is 1. The summed E-state index contributed by atoms with van der Waals surface area (Å²) in [6.07, 6.45) is 0. The maximum atomic E-state index is 11.3. The van der Waals surface area contributed by atoms with Gasteiger partial charge in [-0.25, -0.2) is 4.79 Å². The first kappa shape index (κ1) is 14.1. The van der Waals surface area contributed by atoms with Gasteiger partial charge in [0.15, 0.2) is 0 Å². The summed E-state index contributed by atoms with van der Waals surface area (Å²) in [4.78, 5) is 23.3. The number of nitriles is 1. The Morgan fingerprint density at radius 2 is 2.35 bits per heavy atom. The minimum absolute atomic E-state index is 0.0603. The third kappa shape index (κ3) is 2.53. The van der Waals surface area contributed by atoms with Crippen LogP contribution >= 0.6 is 11.8 Å². The highest BCUT2D eigenvalue weighted by Gasteiger charge is 2.34. The van der Waals surface area contributed by atoms with Crippen molar-refractivity contribution in [1.82, 2.24) is 0 Å². The molecule has 1 fully saturated rings. The van der Waals surface area contributed by atoms with Gasteiger partial charge in [0.2, 0.25) is 0 Å². The maximum absolute atomic E-state index is 11.3. The molecule has 2 rings (SSSR count). The third-order valence-electron chi connectivity index (χ3n) is 3.04. The number of nitro benzene ring substituents is 1. The number of anilines is 1. The molecule has 1 aromatic carbocycles. The van der Waals surface area contributed by atoms with Crippen LogP contribution in [0, 0.1) is 21.4 Å². The molecular weight excluding hydrogens is 282 g/mol. The molecule has 0 aliphatic carbocycles. The number of aliphatic carboxylic acids is 1. The number of nitrogens with zero attached hydrogens (tertiary/aromatic N) is 3. The summed E-state index contributed by atoms with van der Waals surface area (Å²) in [5.41, 5.74) is -0.190. The van der Waals surface area contributed by atoms with Crippen molar-refractivity contribution in [2.75, 3.05) is 23.0 Å². The van der Waals surface area contributed by atoms with Gasteiger partial charge >= 0.3 is 11.7 Å². The quantitative estimate of drug-likeness (QED) is 0.664. The molecular formula is C12H11N3O4S. The second-order valence-electron chi connectivity index (χ2n) is 4.16. The first-order chi connectivity index (χ1) is 9.56. The molecule has 0 radical (unpaired) electrons. The number of para-hydroxylation sites is 1. The number of carboxylic acid groups (broad SMARTS) is 1. The number of nitro groups is 1. The minimum atomic E-state index is -1.02. The van der Waals surface area contributed by atoms with E-state index in [-0.39, 0.29) is 16.9 Å². The van der Waals surface area contributed by atoms with Crippen LogP contribution in [0.4, 0.5) is 11.4 Å². The lowest BCUT2D eigenvalue weighted by molar-refractivity contribution is -0.384. The van der Waals surface area contributed by atoms with Crippen LogP contribution in [0.15, 0.2) is 18.2 Å². The van der Waals surface area contributed by atoms with E-state index in [0.29, 0.717) is 18.1 Å². The standard InChI is InChI=1S/C12H11N3O4S/c13-6-8-2-1-3-9(11(8)15(18)19)14-4-5-20-7-10(14)12(16)17/h1-3,10H,4-5,7H2,(H,16,17). The largest absolute Gasteiger partial charge is 0.480 e. The van der Waals surface area contributed by atoms with Gasteiger partial charge in [-0.2, -0.15) is 17.0 Å². The van der Waals surface area contributed by atoms with Crippen molar-refractivity contribution in [1.29, 1.82) is 5.26 Å². The van der Waals surface area contributed by atoms with E-state index in [1.807, 2.05) is 0 Å². The van der Waals surface area contributed by atoms with Crippen LogP contribution in [0.25, 0.3) is 0 Å². The van der Waals surface area contributed by atoms with Crippen molar-refractivity contribution >= 4 is 29.1 Å². The van der Waals surface area contributed by atoms with Gasteiger partial charge in [0.25, 0.3) is 0 Å². The lowest BCUT2D eigenvalue weighted by atomic mass is 10.1. The van der Waals surface area contributed by atoms with E-state index >= 15 is 0 Å². The maximum Gasteiger partial charge on any atom is 0.327 e. The fraction of sp³-hybridized carbons (Fsp3) is 0.333. The van der Waals surface area contributed by atoms with Gasteiger partial charge in [-0.15, -0.1) is 0 Å². The number of benzene rings is 1. The molecule has 1 N–H and O–H groups in total. The van der Waals surface area contributed by atoms with Gasteiger partial charge < -0.3 is 10.0 Å². The Bertz CT molecular complexity index is 599. The number of hydrogen-bond acceptors (Lipinski definition) is 6. The molecule has 20 heavy (non-hydrogen) atoms. The molecule has 8 heteroatoms. The molecule has 1 heterocycles. The normalized spacial score (nSPS) is 18.4. The molecule has 1 atom stereocenters. The summed E-state index contributed by atoms with van der Waals surface area (Å²) in [7, 11) is 0. The molecule has 1 aromatic rings. The van der Waals surface area contributed by atoms with Gasteiger partial charge in [0.1, 0.15) is 23.4 Å². The van der Waals surface area contributed by atoms with E-state index in [4.69, 9.17) is 5.26 Å². The zero-order chi connectivity index (χ0) is 14.7. The zero-order valence-corrected chi connectivity index (χ0v) is 11.2. The van der Waals surface area contributed by atoms with Gasteiger partial charge in [0, 0.05) is 18.1 Å². The predicted molar refractivity (Wildman–Crippen MR) is 73.9 cm³/mol. The van der Waals surface area contributed by atoms with Crippen molar-refractivity contribution < 1.29 is 14.8 Å². The van der Waals surface area contributed by atoms with E-state index in [0.717, 1.165) is 0 Å². The average Bonchev–Trinajstić information content (AvgIpc) is 2.46. The van der Waals surface area contributed by atoms with Crippen molar-refractivity contribution in [2.24, 2.45) is 0 Å². The Morgan fingerprint density at radius 1 is 1.60 bits per heavy atom. The number of thioether (sulfide) groups is 1. The Balaban J connectivity index is 2.53. The fourth-order valence-electron chi connectivity index (χ4n) is 2.14. The molecule has 104 valence electrons. The fourth-order valence-corrected chi connectivity index (χ4v) is 3.18. The van der Waals surface area contributed by atoms with Crippen LogP contribution in [0.1, 0.15) is 5.56 Å². The van der Waals surface area contributed by atoms with Crippen LogP contribution in [-0.2, 0) is 4.79 Å². The van der Waals surface area contributed by atoms with Crippen LogP contribution in [-0.4, -0.2) is 40.1 Å². The first-order valence-electron chi connectivity index (χ1n) is 5.81. The van der Waals surface area contributed by atoms with E-state index in [9.17, 15) is 20.0 Å². The van der Waals surface area contributed by atoms with Crippen LogP contribution < -0.4 is 4.90 Å². The molecule has 0 spiro atoms. The predicted octanol–water partition coefficient (Wildman–Crippen LogP) is 1.47. The number of rotatable bonds is 3. The second kappa shape index (κ2) is 5.79. The molecule has 0 saturated carbocycles. The Kier molecular flexibility index (Phi) is 4.10. The summed E-state index contributed by atoms with van der Waals surface area (Å²) in [6.45, 7) is 0.400. The van der Waals surface area contributed by atoms with Gasteiger partial charge in [0.05, 0.1) is 4.92 Å². The summed E-state index contributed by atoms with van der Waals surface area (Å²) < 4.78 is 0. The molecule has 7 nitrogen and oxygen atoms in total. The Hall–Kier alpha value is -2.27. The van der Waals surface area contributed by atoms with Gasteiger partial charge in [-0.05, 0) is 12.1 Å². The highest BCUT2D eigenvalue weighted by atomic mass is 32.2. The van der Waals surface area contributed by atoms with E-state index in [1.165, 1.54) is 34.9 Å². The Morgan fingerprint density at radius 3 is 2.95 bits per heavy atom.